The third-order valence-corrected chi connectivity index (χ3v) is 3.84. The maximum Gasteiger partial charge on any atom is 0.251 e. The Hall–Kier alpha value is -2.63. The lowest BCUT2D eigenvalue weighted by atomic mass is 10.2. The SMILES string of the molecule is O=C(NCCNc1cc(N2CCCC2)ncn1)c1ccccc1. The lowest BCUT2D eigenvalue weighted by Crippen LogP contribution is -2.29. The van der Waals surface area contributed by atoms with Gasteiger partial charge in [0.25, 0.3) is 5.91 Å². The molecular weight excluding hydrogens is 290 g/mol. The first-order valence-corrected chi connectivity index (χ1v) is 7.97. The molecule has 6 heteroatoms. The Kier molecular flexibility index (Phi) is 5.03. The smallest absolute Gasteiger partial charge is 0.251 e. The molecule has 1 aromatic heterocycles. The van der Waals surface area contributed by atoms with Crippen LogP contribution in [-0.4, -0.2) is 42.1 Å². The predicted molar refractivity (Wildman–Crippen MR) is 90.7 cm³/mol. The second kappa shape index (κ2) is 7.58. The van der Waals surface area contributed by atoms with Crippen LogP contribution >= 0.6 is 0 Å². The molecule has 0 saturated carbocycles. The topological polar surface area (TPSA) is 70.2 Å². The van der Waals surface area contributed by atoms with Gasteiger partial charge in [0.05, 0.1) is 0 Å². The van der Waals surface area contributed by atoms with Crippen LogP contribution in [0.1, 0.15) is 23.2 Å². The minimum Gasteiger partial charge on any atom is -0.368 e. The number of nitrogens with one attached hydrogen (secondary N) is 2. The molecule has 1 aliphatic heterocycles. The monoisotopic (exact) mass is 311 g/mol. The summed E-state index contributed by atoms with van der Waals surface area (Å²) in [6, 6.07) is 11.2. The molecule has 2 N–H and O–H groups in total. The summed E-state index contributed by atoms with van der Waals surface area (Å²) in [6.07, 6.45) is 4.02. The molecule has 1 aromatic carbocycles. The van der Waals surface area contributed by atoms with Gasteiger partial charge in [-0.05, 0) is 25.0 Å². The van der Waals surface area contributed by atoms with Crippen molar-refractivity contribution in [2.75, 3.05) is 36.4 Å². The molecule has 1 saturated heterocycles. The van der Waals surface area contributed by atoms with Crippen molar-refractivity contribution in [2.45, 2.75) is 12.8 Å². The number of benzene rings is 1. The van der Waals surface area contributed by atoms with Crippen LogP contribution in [-0.2, 0) is 0 Å². The Morgan fingerprint density at radius 2 is 1.87 bits per heavy atom. The van der Waals surface area contributed by atoms with Crippen molar-refractivity contribution in [3.8, 4) is 0 Å². The number of carbonyl (C=O) groups is 1. The molecule has 0 radical (unpaired) electrons. The minimum atomic E-state index is -0.0622. The summed E-state index contributed by atoms with van der Waals surface area (Å²) in [7, 11) is 0. The van der Waals surface area contributed by atoms with Gasteiger partial charge in [0.1, 0.15) is 18.0 Å². The molecular formula is C17H21N5O. The van der Waals surface area contributed by atoms with Crippen molar-refractivity contribution in [1.82, 2.24) is 15.3 Å². The fourth-order valence-corrected chi connectivity index (χ4v) is 2.62. The predicted octanol–water partition coefficient (Wildman–Crippen LogP) is 1.92. The van der Waals surface area contributed by atoms with Crippen LogP contribution < -0.4 is 15.5 Å². The van der Waals surface area contributed by atoms with E-state index >= 15 is 0 Å². The van der Waals surface area contributed by atoms with Crippen LogP contribution in [0.25, 0.3) is 0 Å². The number of hydrogen-bond acceptors (Lipinski definition) is 5. The van der Waals surface area contributed by atoms with Gasteiger partial charge in [-0.1, -0.05) is 18.2 Å². The first-order chi connectivity index (χ1) is 11.3. The van der Waals surface area contributed by atoms with Gasteiger partial charge in [-0.25, -0.2) is 9.97 Å². The van der Waals surface area contributed by atoms with Crippen molar-refractivity contribution in [2.24, 2.45) is 0 Å². The van der Waals surface area contributed by atoms with Gasteiger partial charge in [0.15, 0.2) is 0 Å². The maximum atomic E-state index is 11.9. The van der Waals surface area contributed by atoms with Gasteiger partial charge >= 0.3 is 0 Å². The second-order valence-electron chi connectivity index (χ2n) is 5.50. The zero-order valence-corrected chi connectivity index (χ0v) is 13.0. The second-order valence-corrected chi connectivity index (χ2v) is 5.50. The van der Waals surface area contributed by atoms with Crippen LogP contribution in [0.5, 0.6) is 0 Å². The van der Waals surface area contributed by atoms with E-state index in [9.17, 15) is 4.79 Å². The molecule has 2 aromatic rings. The number of aromatic nitrogens is 2. The molecule has 120 valence electrons. The molecule has 1 aliphatic rings. The zero-order valence-electron chi connectivity index (χ0n) is 13.0. The lowest BCUT2D eigenvalue weighted by molar-refractivity contribution is 0.0955. The minimum absolute atomic E-state index is 0.0622. The van der Waals surface area contributed by atoms with E-state index in [4.69, 9.17) is 0 Å². The van der Waals surface area contributed by atoms with E-state index in [-0.39, 0.29) is 5.91 Å². The van der Waals surface area contributed by atoms with E-state index in [1.807, 2.05) is 24.3 Å². The quantitative estimate of drug-likeness (QED) is 0.798. The molecule has 23 heavy (non-hydrogen) atoms. The van der Waals surface area contributed by atoms with Crippen molar-refractivity contribution in [3.05, 3.63) is 48.3 Å². The third-order valence-electron chi connectivity index (χ3n) is 3.84. The highest BCUT2D eigenvalue weighted by Gasteiger charge is 2.13. The van der Waals surface area contributed by atoms with Crippen LogP contribution in [0.3, 0.4) is 0 Å². The lowest BCUT2D eigenvalue weighted by Gasteiger charge is -2.16. The van der Waals surface area contributed by atoms with Crippen molar-refractivity contribution in [3.63, 3.8) is 0 Å². The van der Waals surface area contributed by atoms with Crippen molar-refractivity contribution >= 4 is 17.5 Å². The van der Waals surface area contributed by atoms with E-state index < -0.39 is 0 Å². The van der Waals surface area contributed by atoms with Crippen LogP contribution in [0.15, 0.2) is 42.7 Å². The average molecular weight is 311 g/mol. The molecule has 0 spiro atoms. The number of carbonyl (C=O) groups excluding carboxylic acids is 1. The van der Waals surface area contributed by atoms with Crippen LogP contribution in [0.4, 0.5) is 11.6 Å². The van der Waals surface area contributed by atoms with Crippen molar-refractivity contribution < 1.29 is 4.79 Å². The zero-order chi connectivity index (χ0) is 15.9. The van der Waals surface area contributed by atoms with Gasteiger partial charge < -0.3 is 15.5 Å². The standard InChI is InChI=1S/C17H21N5O/c23-17(14-6-2-1-3-7-14)19-9-8-18-15-12-16(21-13-20-15)22-10-4-5-11-22/h1-3,6-7,12-13H,4-5,8-11H2,(H,19,23)(H,18,20,21). The number of nitrogens with zero attached hydrogens (tertiary/aromatic N) is 3. The van der Waals surface area contributed by atoms with Gasteiger partial charge in [-0.15, -0.1) is 0 Å². The molecule has 6 nitrogen and oxygen atoms in total. The van der Waals surface area contributed by atoms with Gasteiger partial charge in [0, 0.05) is 37.8 Å². The highest BCUT2D eigenvalue weighted by atomic mass is 16.1. The van der Waals surface area contributed by atoms with E-state index in [1.165, 1.54) is 12.8 Å². The fourth-order valence-electron chi connectivity index (χ4n) is 2.62. The summed E-state index contributed by atoms with van der Waals surface area (Å²) < 4.78 is 0. The van der Waals surface area contributed by atoms with Gasteiger partial charge in [0.2, 0.25) is 0 Å². The van der Waals surface area contributed by atoms with Gasteiger partial charge in [-0.3, -0.25) is 4.79 Å². The Morgan fingerprint density at radius 1 is 1.09 bits per heavy atom. The molecule has 2 heterocycles. The Morgan fingerprint density at radius 3 is 2.65 bits per heavy atom. The number of rotatable bonds is 6. The average Bonchev–Trinajstić information content (AvgIpc) is 3.14. The Labute approximate surface area is 135 Å². The first-order valence-electron chi connectivity index (χ1n) is 7.97. The summed E-state index contributed by atoms with van der Waals surface area (Å²) in [6.45, 7) is 3.28. The third kappa shape index (κ3) is 4.18. The first kappa shape index (κ1) is 15.3. The summed E-state index contributed by atoms with van der Waals surface area (Å²) >= 11 is 0. The molecule has 1 fully saturated rings. The van der Waals surface area contributed by atoms with E-state index in [0.29, 0.717) is 18.7 Å². The molecule has 0 aliphatic carbocycles. The number of hydrogen-bond donors (Lipinski definition) is 2. The number of anilines is 2. The molecule has 3 rings (SSSR count). The summed E-state index contributed by atoms with van der Waals surface area (Å²) in [5.41, 5.74) is 0.672. The largest absolute Gasteiger partial charge is 0.368 e. The summed E-state index contributed by atoms with van der Waals surface area (Å²) in [5.74, 6) is 1.69. The number of amides is 1. The highest BCUT2D eigenvalue weighted by Crippen LogP contribution is 2.18. The van der Waals surface area contributed by atoms with E-state index in [0.717, 1.165) is 24.7 Å². The fraction of sp³-hybridized carbons (Fsp3) is 0.353. The summed E-state index contributed by atoms with van der Waals surface area (Å²) in [5, 5.41) is 6.11. The normalized spacial score (nSPS) is 13.8. The molecule has 0 bridgehead atoms. The summed E-state index contributed by atoms with van der Waals surface area (Å²) in [4.78, 5) is 22.7. The maximum absolute atomic E-state index is 11.9. The molecule has 0 unspecified atom stereocenters. The highest BCUT2D eigenvalue weighted by molar-refractivity contribution is 5.94. The van der Waals surface area contributed by atoms with E-state index in [2.05, 4.69) is 25.5 Å². The Bertz CT molecular complexity index is 640. The van der Waals surface area contributed by atoms with Crippen LogP contribution in [0.2, 0.25) is 0 Å². The van der Waals surface area contributed by atoms with Crippen LogP contribution in [0, 0.1) is 0 Å². The van der Waals surface area contributed by atoms with E-state index in [1.54, 1.807) is 18.5 Å². The molecule has 0 atom stereocenters. The Balaban J connectivity index is 1.45. The van der Waals surface area contributed by atoms with Crippen molar-refractivity contribution in [1.29, 1.82) is 0 Å². The van der Waals surface area contributed by atoms with Gasteiger partial charge in [-0.2, -0.15) is 0 Å². The molecule has 1 amide bonds.